The number of amides is 2. The van der Waals surface area contributed by atoms with E-state index in [0.717, 1.165) is 12.3 Å². The third-order valence-corrected chi connectivity index (χ3v) is 5.42. The van der Waals surface area contributed by atoms with Crippen LogP contribution >= 0.6 is 0 Å². The van der Waals surface area contributed by atoms with Gasteiger partial charge in [-0.1, -0.05) is 32.1 Å². The van der Waals surface area contributed by atoms with Crippen LogP contribution in [0.2, 0.25) is 0 Å². The molecule has 0 atom stereocenters. The van der Waals surface area contributed by atoms with Gasteiger partial charge in [0.1, 0.15) is 6.26 Å². The van der Waals surface area contributed by atoms with Crippen molar-refractivity contribution in [1.29, 1.82) is 0 Å². The molecule has 2 fully saturated rings. The van der Waals surface area contributed by atoms with Gasteiger partial charge >= 0.3 is 0 Å². The second-order valence-corrected chi connectivity index (χ2v) is 7.08. The summed E-state index contributed by atoms with van der Waals surface area (Å²) in [6.07, 6.45) is 12.7. The molecule has 0 spiro atoms. The average Bonchev–Trinajstić information content (AvgIpc) is 3.17. The molecule has 1 saturated carbocycles. The number of piperazine rings is 1. The maximum absolute atomic E-state index is 12.4. The highest BCUT2D eigenvalue weighted by molar-refractivity contribution is 5.94. The van der Waals surface area contributed by atoms with Crippen LogP contribution < -0.4 is 0 Å². The standard InChI is InChI=1S/C19H28N2O3/c22-18(8-4-7-16-5-2-1-3-6-16)20-10-12-21(13-11-20)19(23)17-9-14-24-15-17/h9,14-16H,1-8,10-13H2. The predicted molar refractivity (Wildman–Crippen MR) is 91.6 cm³/mol. The highest BCUT2D eigenvalue weighted by Gasteiger charge is 2.25. The summed E-state index contributed by atoms with van der Waals surface area (Å²) < 4.78 is 4.97. The van der Waals surface area contributed by atoms with E-state index in [9.17, 15) is 9.59 Å². The number of hydrogen-bond acceptors (Lipinski definition) is 3. The number of hydrogen-bond donors (Lipinski definition) is 0. The first kappa shape index (κ1) is 17.1. The highest BCUT2D eigenvalue weighted by Crippen LogP contribution is 2.27. The van der Waals surface area contributed by atoms with Crippen LogP contribution in [0.5, 0.6) is 0 Å². The van der Waals surface area contributed by atoms with Gasteiger partial charge in [0.05, 0.1) is 11.8 Å². The Morgan fingerprint density at radius 2 is 1.75 bits per heavy atom. The third kappa shape index (κ3) is 4.40. The molecule has 0 aromatic carbocycles. The number of carbonyl (C=O) groups is 2. The van der Waals surface area contributed by atoms with Gasteiger partial charge in [-0.15, -0.1) is 0 Å². The molecule has 1 aliphatic heterocycles. The summed E-state index contributed by atoms with van der Waals surface area (Å²) >= 11 is 0. The fourth-order valence-corrected chi connectivity index (χ4v) is 3.90. The van der Waals surface area contributed by atoms with Crippen LogP contribution in [0.15, 0.2) is 23.0 Å². The Balaban J connectivity index is 1.36. The zero-order chi connectivity index (χ0) is 16.8. The van der Waals surface area contributed by atoms with Crippen molar-refractivity contribution in [1.82, 2.24) is 9.80 Å². The van der Waals surface area contributed by atoms with E-state index >= 15 is 0 Å². The molecule has 2 amide bonds. The molecule has 0 bridgehead atoms. The Bertz CT molecular complexity index is 527. The van der Waals surface area contributed by atoms with Crippen LogP contribution in [0.1, 0.15) is 61.7 Å². The number of carbonyl (C=O) groups excluding carboxylic acids is 2. The van der Waals surface area contributed by atoms with Gasteiger partial charge in [-0.05, 0) is 24.8 Å². The van der Waals surface area contributed by atoms with Crippen molar-refractivity contribution in [2.24, 2.45) is 5.92 Å². The van der Waals surface area contributed by atoms with Gasteiger partial charge in [0.15, 0.2) is 0 Å². The van der Waals surface area contributed by atoms with Gasteiger partial charge in [0.25, 0.3) is 5.91 Å². The molecule has 0 radical (unpaired) electrons. The second-order valence-electron chi connectivity index (χ2n) is 7.08. The van der Waals surface area contributed by atoms with Gasteiger partial charge < -0.3 is 14.2 Å². The number of rotatable bonds is 5. The lowest BCUT2D eigenvalue weighted by Gasteiger charge is -2.34. The summed E-state index contributed by atoms with van der Waals surface area (Å²) in [6.45, 7) is 2.51. The largest absolute Gasteiger partial charge is 0.472 e. The quantitative estimate of drug-likeness (QED) is 0.831. The van der Waals surface area contributed by atoms with Crippen molar-refractivity contribution < 1.29 is 14.0 Å². The van der Waals surface area contributed by atoms with Crippen molar-refractivity contribution in [3.8, 4) is 0 Å². The lowest BCUT2D eigenvalue weighted by molar-refractivity contribution is -0.132. The summed E-state index contributed by atoms with van der Waals surface area (Å²) in [5, 5.41) is 0. The molecule has 0 N–H and O–H groups in total. The maximum Gasteiger partial charge on any atom is 0.257 e. The van der Waals surface area contributed by atoms with Gasteiger partial charge in [-0.2, -0.15) is 0 Å². The SMILES string of the molecule is O=C(CCCC1CCCCC1)N1CCN(C(=O)c2ccoc2)CC1. The fourth-order valence-electron chi connectivity index (χ4n) is 3.90. The van der Waals surface area contributed by atoms with E-state index in [1.165, 1.54) is 51.1 Å². The molecule has 1 aliphatic carbocycles. The molecule has 5 nitrogen and oxygen atoms in total. The highest BCUT2D eigenvalue weighted by atomic mass is 16.3. The molecular formula is C19H28N2O3. The van der Waals surface area contributed by atoms with Crippen molar-refractivity contribution in [2.45, 2.75) is 51.4 Å². The van der Waals surface area contributed by atoms with Gasteiger partial charge in [0.2, 0.25) is 5.91 Å². The lowest BCUT2D eigenvalue weighted by Crippen LogP contribution is -2.50. The summed E-state index contributed by atoms with van der Waals surface area (Å²) in [4.78, 5) is 28.3. The Hall–Kier alpha value is -1.78. The van der Waals surface area contributed by atoms with Crippen LogP contribution in [-0.4, -0.2) is 47.8 Å². The van der Waals surface area contributed by atoms with E-state index in [-0.39, 0.29) is 11.8 Å². The molecule has 3 rings (SSSR count). The molecule has 1 aromatic heterocycles. The predicted octanol–water partition coefficient (Wildman–Crippen LogP) is 3.31. The van der Waals surface area contributed by atoms with Crippen molar-refractivity contribution in [2.75, 3.05) is 26.2 Å². The first-order chi connectivity index (χ1) is 11.7. The maximum atomic E-state index is 12.4. The monoisotopic (exact) mass is 332 g/mol. The Morgan fingerprint density at radius 1 is 1.04 bits per heavy atom. The van der Waals surface area contributed by atoms with E-state index in [4.69, 9.17) is 4.42 Å². The van der Waals surface area contributed by atoms with E-state index in [0.29, 0.717) is 38.2 Å². The Kier molecular flexibility index (Phi) is 5.94. The lowest BCUT2D eigenvalue weighted by atomic mass is 9.86. The molecule has 1 aromatic rings. The topological polar surface area (TPSA) is 53.8 Å². The van der Waals surface area contributed by atoms with E-state index in [2.05, 4.69) is 0 Å². The number of nitrogens with zero attached hydrogens (tertiary/aromatic N) is 2. The number of furan rings is 1. The molecule has 2 heterocycles. The smallest absolute Gasteiger partial charge is 0.257 e. The minimum atomic E-state index is -0.00634. The third-order valence-electron chi connectivity index (χ3n) is 5.42. The van der Waals surface area contributed by atoms with Crippen LogP contribution in [-0.2, 0) is 4.79 Å². The van der Waals surface area contributed by atoms with E-state index in [1.807, 2.05) is 4.90 Å². The van der Waals surface area contributed by atoms with Crippen LogP contribution in [0.4, 0.5) is 0 Å². The summed E-state index contributed by atoms with van der Waals surface area (Å²) in [6, 6.07) is 1.69. The van der Waals surface area contributed by atoms with E-state index < -0.39 is 0 Å². The Morgan fingerprint density at radius 3 is 2.42 bits per heavy atom. The molecule has 2 aliphatic rings. The van der Waals surface area contributed by atoms with Crippen LogP contribution in [0, 0.1) is 5.92 Å². The molecular weight excluding hydrogens is 304 g/mol. The van der Waals surface area contributed by atoms with E-state index in [1.54, 1.807) is 11.0 Å². The average molecular weight is 332 g/mol. The molecule has 0 unspecified atom stereocenters. The zero-order valence-corrected chi connectivity index (χ0v) is 14.4. The first-order valence-corrected chi connectivity index (χ1v) is 9.33. The zero-order valence-electron chi connectivity index (χ0n) is 14.4. The molecule has 24 heavy (non-hydrogen) atoms. The molecule has 5 heteroatoms. The summed E-state index contributed by atoms with van der Waals surface area (Å²) in [5.74, 6) is 1.09. The summed E-state index contributed by atoms with van der Waals surface area (Å²) in [7, 11) is 0. The second kappa shape index (κ2) is 8.36. The fraction of sp³-hybridized carbons (Fsp3) is 0.684. The van der Waals surface area contributed by atoms with Gasteiger partial charge in [0, 0.05) is 32.6 Å². The minimum Gasteiger partial charge on any atom is -0.472 e. The van der Waals surface area contributed by atoms with Crippen LogP contribution in [0.25, 0.3) is 0 Å². The van der Waals surface area contributed by atoms with Gasteiger partial charge in [-0.3, -0.25) is 9.59 Å². The van der Waals surface area contributed by atoms with Crippen molar-refractivity contribution >= 4 is 11.8 Å². The van der Waals surface area contributed by atoms with Crippen molar-refractivity contribution in [3.05, 3.63) is 24.2 Å². The van der Waals surface area contributed by atoms with Gasteiger partial charge in [-0.25, -0.2) is 0 Å². The minimum absolute atomic E-state index is 0.00634. The molecule has 1 saturated heterocycles. The molecule has 132 valence electrons. The van der Waals surface area contributed by atoms with Crippen LogP contribution in [0.3, 0.4) is 0 Å². The summed E-state index contributed by atoms with van der Waals surface area (Å²) in [5.41, 5.74) is 0.585. The van der Waals surface area contributed by atoms with Crippen molar-refractivity contribution in [3.63, 3.8) is 0 Å². The normalized spacial score (nSPS) is 19.5. The Labute approximate surface area is 144 Å². The first-order valence-electron chi connectivity index (χ1n) is 9.33.